The molecule has 1 aliphatic rings. The van der Waals surface area contributed by atoms with E-state index in [4.69, 9.17) is 4.74 Å². The first-order valence-electron chi connectivity index (χ1n) is 10.9. The number of amides is 2. The van der Waals surface area contributed by atoms with Gasteiger partial charge in [-0.2, -0.15) is 0 Å². The van der Waals surface area contributed by atoms with Crippen LogP contribution in [0.5, 0.6) is 5.75 Å². The SMILES string of the molecule is CCN(CC)C(=O)C1CCN(C(=O)/C=C/c2ccccc2OCc2csc(C)n2)CC1. The monoisotopic (exact) mass is 441 g/mol. The van der Waals surface area contributed by atoms with Crippen molar-refractivity contribution in [2.75, 3.05) is 26.2 Å². The number of hydrogen-bond donors (Lipinski definition) is 0. The fourth-order valence-corrected chi connectivity index (χ4v) is 4.38. The van der Waals surface area contributed by atoms with Crippen molar-refractivity contribution in [3.63, 3.8) is 0 Å². The smallest absolute Gasteiger partial charge is 0.246 e. The second-order valence-electron chi connectivity index (χ2n) is 7.63. The number of carbonyl (C=O) groups is 2. The predicted molar refractivity (Wildman–Crippen MR) is 124 cm³/mol. The van der Waals surface area contributed by atoms with Gasteiger partial charge in [0.05, 0.1) is 10.7 Å². The van der Waals surface area contributed by atoms with Crippen molar-refractivity contribution in [1.82, 2.24) is 14.8 Å². The Bertz CT molecular complexity index is 912. The number of nitrogens with zero attached hydrogens (tertiary/aromatic N) is 3. The molecule has 6 nitrogen and oxygen atoms in total. The third-order valence-electron chi connectivity index (χ3n) is 5.60. The van der Waals surface area contributed by atoms with E-state index in [0.717, 1.165) is 47.9 Å². The molecule has 3 rings (SSSR count). The number of piperidine rings is 1. The zero-order chi connectivity index (χ0) is 22.2. The van der Waals surface area contributed by atoms with Gasteiger partial charge in [-0.1, -0.05) is 18.2 Å². The Morgan fingerprint density at radius 1 is 1.23 bits per heavy atom. The summed E-state index contributed by atoms with van der Waals surface area (Å²) in [7, 11) is 0. The minimum Gasteiger partial charge on any atom is -0.487 e. The molecule has 1 fully saturated rings. The highest BCUT2D eigenvalue weighted by Crippen LogP contribution is 2.23. The Kier molecular flexibility index (Phi) is 8.23. The van der Waals surface area contributed by atoms with Crippen LogP contribution in [0.25, 0.3) is 6.08 Å². The number of benzene rings is 1. The maximum absolute atomic E-state index is 12.7. The summed E-state index contributed by atoms with van der Waals surface area (Å²) in [6.45, 7) is 9.08. The lowest BCUT2D eigenvalue weighted by Crippen LogP contribution is -2.44. The standard InChI is InChI=1S/C24H31N3O3S/c1-4-26(5-2)24(29)20-12-14-27(15-13-20)23(28)11-10-19-8-6-7-9-22(19)30-16-21-17-31-18(3)25-21/h6-11,17,20H,4-5,12-16H2,1-3H3/b11-10+. The first-order chi connectivity index (χ1) is 15.0. The molecule has 7 heteroatoms. The van der Waals surface area contributed by atoms with Gasteiger partial charge in [-0.15, -0.1) is 11.3 Å². The summed E-state index contributed by atoms with van der Waals surface area (Å²) in [4.78, 5) is 33.3. The number of aryl methyl sites for hydroxylation is 1. The predicted octanol–water partition coefficient (Wildman–Crippen LogP) is 4.15. The van der Waals surface area contributed by atoms with Crippen molar-refractivity contribution >= 4 is 29.2 Å². The number of aromatic nitrogens is 1. The van der Waals surface area contributed by atoms with Crippen LogP contribution in [0.15, 0.2) is 35.7 Å². The van der Waals surface area contributed by atoms with E-state index in [1.165, 1.54) is 0 Å². The van der Waals surface area contributed by atoms with Crippen LogP contribution in [0.1, 0.15) is 43.0 Å². The van der Waals surface area contributed by atoms with Crippen molar-refractivity contribution < 1.29 is 14.3 Å². The number of para-hydroxylation sites is 1. The van der Waals surface area contributed by atoms with E-state index < -0.39 is 0 Å². The molecule has 166 valence electrons. The van der Waals surface area contributed by atoms with Crippen molar-refractivity contribution in [3.05, 3.63) is 52.0 Å². The van der Waals surface area contributed by atoms with E-state index in [-0.39, 0.29) is 17.7 Å². The first-order valence-corrected chi connectivity index (χ1v) is 11.8. The molecule has 0 unspecified atom stereocenters. The van der Waals surface area contributed by atoms with Crippen LogP contribution in [0.4, 0.5) is 0 Å². The number of thiazole rings is 1. The Balaban J connectivity index is 1.55. The van der Waals surface area contributed by atoms with Gasteiger partial charge in [0.2, 0.25) is 11.8 Å². The summed E-state index contributed by atoms with van der Waals surface area (Å²) in [5.41, 5.74) is 1.76. The third kappa shape index (κ3) is 6.17. The number of rotatable bonds is 8. The van der Waals surface area contributed by atoms with Crippen LogP contribution in [0, 0.1) is 12.8 Å². The summed E-state index contributed by atoms with van der Waals surface area (Å²) < 4.78 is 5.92. The summed E-state index contributed by atoms with van der Waals surface area (Å²) in [5, 5.41) is 3.01. The highest BCUT2D eigenvalue weighted by atomic mass is 32.1. The average molecular weight is 442 g/mol. The van der Waals surface area contributed by atoms with Gasteiger partial charge >= 0.3 is 0 Å². The first kappa shape index (κ1) is 23.0. The Morgan fingerprint density at radius 2 is 1.94 bits per heavy atom. The molecule has 0 bridgehead atoms. The molecular weight excluding hydrogens is 410 g/mol. The Labute approximate surface area is 188 Å². The normalized spacial score (nSPS) is 14.7. The van der Waals surface area contributed by atoms with E-state index in [2.05, 4.69) is 4.98 Å². The Hall–Kier alpha value is -2.67. The highest BCUT2D eigenvalue weighted by molar-refractivity contribution is 7.09. The third-order valence-corrected chi connectivity index (χ3v) is 6.42. The second-order valence-corrected chi connectivity index (χ2v) is 8.69. The quantitative estimate of drug-likeness (QED) is 0.578. The van der Waals surface area contributed by atoms with Gasteiger partial charge in [0.25, 0.3) is 0 Å². The molecule has 0 saturated carbocycles. The molecule has 1 aromatic carbocycles. The lowest BCUT2D eigenvalue weighted by atomic mass is 9.95. The summed E-state index contributed by atoms with van der Waals surface area (Å²) in [6.07, 6.45) is 4.85. The van der Waals surface area contributed by atoms with Gasteiger partial charge in [0.15, 0.2) is 0 Å². The molecule has 0 spiro atoms. The van der Waals surface area contributed by atoms with E-state index in [0.29, 0.717) is 19.7 Å². The molecule has 0 N–H and O–H groups in total. The summed E-state index contributed by atoms with van der Waals surface area (Å²) in [5.74, 6) is 0.935. The van der Waals surface area contributed by atoms with Gasteiger partial charge in [-0.25, -0.2) is 4.98 Å². The van der Waals surface area contributed by atoms with Crippen LogP contribution in [-0.2, 0) is 16.2 Å². The molecule has 1 aliphatic heterocycles. The van der Waals surface area contributed by atoms with Crippen molar-refractivity contribution in [2.24, 2.45) is 5.92 Å². The average Bonchev–Trinajstić information content (AvgIpc) is 3.22. The number of likely N-dealkylation sites (tertiary alicyclic amines) is 1. The molecule has 0 radical (unpaired) electrons. The van der Waals surface area contributed by atoms with Crippen LogP contribution in [0.2, 0.25) is 0 Å². The lowest BCUT2D eigenvalue weighted by Gasteiger charge is -2.33. The van der Waals surface area contributed by atoms with Gasteiger partial charge in [-0.3, -0.25) is 9.59 Å². The van der Waals surface area contributed by atoms with Crippen LogP contribution in [-0.4, -0.2) is 52.8 Å². The maximum Gasteiger partial charge on any atom is 0.246 e. The fraction of sp³-hybridized carbons (Fsp3) is 0.458. The van der Waals surface area contributed by atoms with Crippen LogP contribution < -0.4 is 4.74 Å². The van der Waals surface area contributed by atoms with E-state index in [1.54, 1.807) is 23.5 Å². The van der Waals surface area contributed by atoms with Gasteiger partial charge in [0.1, 0.15) is 12.4 Å². The van der Waals surface area contributed by atoms with E-state index in [1.807, 2.05) is 60.2 Å². The van der Waals surface area contributed by atoms with Crippen molar-refractivity contribution in [3.8, 4) is 5.75 Å². The molecule has 2 heterocycles. The Morgan fingerprint density at radius 3 is 2.58 bits per heavy atom. The van der Waals surface area contributed by atoms with Gasteiger partial charge in [-0.05, 0) is 45.8 Å². The summed E-state index contributed by atoms with van der Waals surface area (Å²) >= 11 is 1.60. The minimum atomic E-state index is -0.0290. The van der Waals surface area contributed by atoms with E-state index in [9.17, 15) is 9.59 Å². The summed E-state index contributed by atoms with van der Waals surface area (Å²) in [6, 6.07) is 7.67. The molecule has 0 aliphatic carbocycles. The van der Waals surface area contributed by atoms with Crippen LogP contribution in [0.3, 0.4) is 0 Å². The molecular formula is C24H31N3O3S. The molecule has 2 aromatic rings. The molecule has 2 amide bonds. The largest absolute Gasteiger partial charge is 0.487 e. The minimum absolute atomic E-state index is 0.0245. The van der Waals surface area contributed by atoms with Crippen molar-refractivity contribution in [1.29, 1.82) is 0 Å². The highest BCUT2D eigenvalue weighted by Gasteiger charge is 2.28. The van der Waals surface area contributed by atoms with E-state index >= 15 is 0 Å². The second kappa shape index (κ2) is 11.1. The number of carbonyl (C=O) groups excluding carboxylic acids is 2. The van der Waals surface area contributed by atoms with Gasteiger partial charge < -0.3 is 14.5 Å². The molecule has 1 saturated heterocycles. The number of ether oxygens (including phenoxy) is 1. The molecule has 0 atom stereocenters. The molecule has 1 aromatic heterocycles. The zero-order valence-corrected chi connectivity index (χ0v) is 19.4. The fourth-order valence-electron chi connectivity index (χ4n) is 3.78. The van der Waals surface area contributed by atoms with Crippen molar-refractivity contribution in [2.45, 2.75) is 40.2 Å². The number of hydrogen-bond acceptors (Lipinski definition) is 5. The lowest BCUT2D eigenvalue weighted by molar-refractivity contribution is -0.139. The topological polar surface area (TPSA) is 62.7 Å². The van der Waals surface area contributed by atoms with Crippen LogP contribution >= 0.6 is 11.3 Å². The maximum atomic E-state index is 12.7. The van der Waals surface area contributed by atoms with Gasteiger partial charge in [0, 0.05) is 49.1 Å². The zero-order valence-electron chi connectivity index (χ0n) is 18.5. The molecule has 31 heavy (non-hydrogen) atoms.